The average molecular weight is 296 g/mol. The first kappa shape index (κ1) is 15.7. The number of anilines is 1. The molecule has 0 spiro atoms. The maximum atomic E-state index is 12.9. The number of nitriles is 1. The van der Waals surface area contributed by atoms with Crippen molar-refractivity contribution in [3.05, 3.63) is 29.3 Å². The van der Waals surface area contributed by atoms with Gasteiger partial charge in [-0.05, 0) is 49.3 Å². The summed E-state index contributed by atoms with van der Waals surface area (Å²) >= 11 is 0. The molecule has 0 saturated heterocycles. The summed E-state index contributed by atoms with van der Waals surface area (Å²) in [5.41, 5.74) is -0.766. The molecule has 2 atom stereocenters. The van der Waals surface area contributed by atoms with Gasteiger partial charge in [-0.2, -0.15) is 18.4 Å². The first-order valence-corrected chi connectivity index (χ1v) is 7.17. The highest BCUT2D eigenvalue weighted by Gasteiger charge is 2.34. The number of hydrogen-bond acceptors (Lipinski definition) is 2. The van der Waals surface area contributed by atoms with E-state index in [1.165, 1.54) is 12.5 Å². The molecule has 1 aromatic rings. The monoisotopic (exact) mass is 296 g/mol. The molecule has 114 valence electrons. The van der Waals surface area contributed by atoms with Crippen LogP contribution in [-0.2, 0) is 6.18 Å². The number of nitrogens with one attached hydrogen (secondary N) is 1. The Hall–Kier alpha value is -1.70. The van der Waals surface area contributed by atoms with Crippen LogP contribution >= 0.6 is 0 Å². The van der Waals surface area contributed by atoms with Gasteiger partial charge in [-0.15, -0.1) is 0 Å². The molecule has 0 bridgehead atoms. The van der Waals surface area contributed by atoms with Crippen molar-refractivity contribution >= 4 is 5.69 Å². The molecular formula is C16H19F3N2. The molecule has 1 aromatic carbocycles. The van der Waals surface area contributed by atoms with Crippen LogP contribution in [0.4, 0.5) is 18.9 Å². The highest BCUT2D eigenvalue weighted by molar-refractivity contribution is 5.53. The van der Waals surface area contributed by atoms with E-state index < -0.39 is 11.7 Å². The summed E-state index contributed by atoms with van der Waals surface area (Å²) < 4.78 is 38.8. The summed E-state index contributed by atoms with van der Waals surface area (Å²) in [6.45, 7) is 4.34. The normalized spacial score (nSPS) is 26.2. The number of hydrogen-bond donors (Lipinski definition) is 1. The van der Waals surface area contributed by atoms with Gasteiger partial charge in [0.15, 0.2) is 0 Å². The number of rotatable bonds is 2. The van der Waals surface area contributed by atoms with Crippen LogP contribution < -0.4 is 5.32 Å². The minimum absolute atomic E-state index is 0.192. The molecule has 1 aliphatic carbocycles. The van der Waals surface area contributed by atoms with Gasteiger partial charge in [0.2, 0.25) is 0 Å². The molecule has 1 N–H and O–H groups in total. The van der Waals surface area contributed by atoms with E-state index in [0.717, 1.165) is 18.9 Å². The summed E-state index contributed by atoms with van der Waals surface area (Å²) in [6, 6.07) is 5.63. The minimum Gasteiger partial charge on any atom is -0.382 e. The lowest BCUT2D eigenvalue weighted by Gasteiger charge is -2.32. The van der Waals surface area contributed by atoms with Crippen LogP contribution in [0, 0.1) is 23.2 Å². The van der Waals surface area contributed by atoms with Crippen molar-refractivity contribution in [2.24, 2.45) is 11.8 Å². The van der Waals surface area contributed by atoms with E-state index in [4.69, 9.17) is 5.26 Å². The molecule has 0 aliphatic heterocycles. The van der Waals surface area contributed by atoms with Crippen LogP contribution in [0.5, 0.6) is 0 Å². The van der Waals surface area contributed by atoms with Crippen molar-refractivity contribution in [2.45, 2.75) is 45.3 Å². The smallest absolute Gasteiger partial charge is 0.382 e. The standard InChI is InChI=1S/C16H19F3N2/c1-10-5-11(2)7-14(6-10)21-13-4-3-12(9-20)15(8-13)16(17,18)19/h3-4,8,10-11,14,21H,5-7H2,1-2H3. The quantitative estimate of drug-likeness (QED) is 0.849. The van der Waals surface area contributed by atoms with E-state index in [-0.39, 0.29) is 11.6 Å². The van der Waals surface area contributed by atoms with Crippen molar-refractivity contribution in [2.75, 3.05) is 5.32 Å². The number of benzene rings is 1. The Bertz CT molecular complexity index is 535. The molecule has 0 amide bonds. The molecule has 0 aromatic heterocycles. The Morgan fingerprint density at radius 3 is 2.29 bits per heavy atom. The third-order valence-electron chi connectivity index (χ3n) is 3.99. The molecule has 1 fully saturated rings. The van der Waals surface area contributed by atoms with Gasteiger partial charge in [0, 0.05) is 11.7 Å². The van der Waals surface area contributed by atoms with E-state index in [9.17, 15) is 13.2 Å². The van der Waals surface area contributed by atoms with Crippen molar-refractivity contribution in [1.82, 2.24) is 0 Å². The molecule has 2 unspecified atom stereocenters. The second-order valence-corrected chi connectivity index (χ2v) is 6.13. The summed E-state index contributed by atoms with van der Waals surface area (Å²) in [4.78, 5) is 0. The van der Waals surface area contributed by atoms with E-state index in [1.807, 2.05) is 0 Å². The topological polar surface area (TPSA) is 35.8 Å². The largest absolute Gasteiger partial charge is 0.417 e. The Balaban J connectivity index is 2.20. The van der Waals surface area contributed by atoms with Crippen molar-refractivity contribution in [3.8, 4) is 6.07 Å². The van der Waals surface area contributed by atoms with E-state index >= 15 is 0 Å². The summed E-state index contributed by atoms with van der Waals surface area (Å²) in [5.74, 6) is 1.15. The van der Waals surface area contributed by atoms with Gasteiger partial charge in [-0.25, -0.2) is 0 Å². The Morgan fingerprint density at radius 1 is 1.14 bits per heavy atom. The van der Waals surface area contributed by atoms with Crippen LogP contribution in [-0.4, -0.2) is 6.04 Å². The Labute approximate surface area is 123 Å². The first-order chi connectivity index (χ1) is 9.79. The lowest BCUT2D eigenvalue weighted by molar-refractivity contribution is -0.137. The zero-order valence-electron chi connectivity index (χ0n) is 12.2. The van der Waals surface area contributed by atoms with Gasteiger partial charge < -0.3 is 5.32 Å². The second kappa shape index (κ2) is 5.97. The molecule has 0 heterocycles. The van der Waals surface area contributed by atoms with Gasteiger partial charge >= 0.3 is 6.18 Å². The molecule has 5 heteroatoms. The van der Waals surface area contributed by atoms with Gasteiger partial charge in [-0.3, -0.25) is 0 Å². The van der Waals surface area contributed by atoms with Crippen molar-refractivity contribution in [3.63, 3.8) is 0 Å². The van der Waals surface area contributed by atoms with Gasteiger partial charge in [-0.1, -0.05) is 13.8 Å². The van der Waals surface area contributed by atoms with Crippen molar-refractivity contribution < 1.29 is 13.2 Å². The van der Waals surface area contributed by atoms with E-state index in [0.29, 0.717) is 17.5 Å². The highest BCUT2D eigenvalue weighted by Crippen LogP contribution is 2.35. The van der Waals surface area contributed by atoms with Crippen LogP contribution in [0.2, 0.25) is 0 Å². The fourth-order valence-electron chi connectivity index (χ4n) is 3.27. The van der Waals surface area contributed by atoms with Gasteiger partial charge in [0.05, 0.1) is 17.2 Å². The predicted molar refractivity (Wildman–Crippen MR) is 75.7 cm³/mol. The molecule has 0 radical (unpaired) electrons. The van der Waals surface area contributed by atoms with Crippen LogP contribution in [0.1, 0.15) is 44.2 Å². The summed E-state index contributed by atoms with van der Waals surface area (Å²) in [7, 11) is 0. The van der Waals surface area contributed by atoms with Crippen LogP contribution in [0.15, 0.2) is 18.2 Å². The lowest BCUT2D eigenvalue weighted by Crippen LogP contribution is -2.30. The molecule has 1 saturated carbocycles. The second-order valence-electron chi connectivity index (χ2n) is 6.13. The minimum atomic E-state index is -4.50. The number of nitrogens with zero attached hydrogens (tertiary/aromatic N) is 1. The summed E-state index contributed by atoms with van der Waals surface area (Å²) in [6.07, 6.45) is -1.41. The fourth-order valence-corrected chi connectivity index (χ4v) is 3.27. The van der Waals surface area contributed by atoms with Gasteiger partial charge in [0.1, 0.15) is 0 Å². The lowest BCUT2D eigenvalue weighted by atomic mass is 9.80. The maximum absolute atomic E-state index is 12.9. The van der Waals surface area contributed by atoms with Gasteiger partial charge in [0.25, 0.3) is 0 Å². The molecular weight excluding hydrogens is 277 g/mol. The summed E-state index contributed by atoms with van der Waals surface area (Å²) in [5, 5.41) is 12.0. The van der Waals surface area contributed by atoms with E-state index in [2.05, 4.69) is 19.2 Å². The SMILES string of the molecule is CC1CC(C)CC(Nc2ccc(C#N)c(C(F)(F)F)c2)C1. The van der Waals surface area contributed by atoms with Crippen molar-refractivity contribution in [1.29, 1.82) is 5.26 Å². The Morgan fingerprint density at radius 2 is 1.76 bits per heavy atom. The van der Waals surface area contributed by atoms with E-state index in [1.54, 1.807) is 12.1 Å². The maximum Gasteiger partial charge on any atom is 0.417 e. The molecule has 2 nitrogen and oxygen atoms in total. The number of halogens is 3. The third-order valence-corrected chi connectivity index (χ3v) is 3.99. The third kappa shape index (κ3) is 3.90. The first-order valence-electron chi connectivity index (χ1n) is 7.17. The predicted octanol–water partition coefficient (Wildman–Crippen LogP) is 4.81. The number of alkyl halides is 3. The average Bonchev–Trinajstić information content (AvgIpc) is 2.36. The zero-order valence-corrected chi connectivity index (χ0v) is 12.2. The Kier molecular flexibility index (Phi) is 4.46. The van der Waals surface area contributed by atoms with Crippen LogP contribution in [0.25, 0.3) is 0 Å². The molecule has 1 aliphatic rings. The zero-order chi connectivity index (χ0) is 15.6. The highest BCUT2D eigenvalue weighted by atomic mass is 19.4. The molecule has 2 rings (SSSR count). The fraction of sp³-hybridized carbons (Fsp3) is 0.562. The van der Waals surface area contributed by atoms with Crippen LogP contribution in [0.3, 0.4) is 0 Å². The molecule has 21 heavy (non-hydrogen) atoms.